The summed E-state index contributed by atoms with van der Waals surface area (Å²) < 4.78 is 58.3. The summed E-state index contributed by atoms with van der Waals surface area (Å²) in [7, 11) is -3.55. The summed E-state index contributed by atoms with van der Waals surface area (Å²) in [6.07, 6.45) is 1.89. The highest BCUT2D eigenvalue weighted by molar-refractivity contribution is 7.92. The molecule has 1 fully saturated rings. The molecule has 1 aromatic carbocycles. The molecule has 116 valence electrons. The van der Waals surface area contributed by atoms with Crippen LogP contribution in [0.15, 0.2) is 12.1 Å². The Morgan fingerprint density at radius 2 is 2.05 bits per heavy atom. The lowest BCUT2D eigenvalue weighted by Crippen LogP contribution is -2.39. The van der Waals surface area contributed by atoms with Gasteiger partial charge in [-0.15, -0.1) is 0 Å². The molecule has 2 aliphatic rings. The Kier molecular flexibility index (Phi) is 3.88. The maximum Gasteiger partial charge on any atom is 0.235 e. The summed E-state index contributed by atoms with van der Waals surface area (Å²) in [6, 6.07) is 2.09. The Hall–Kier alpha value is -1.21. The van der Waals surface area contributed by atoms with Gasteiger partial charge in [-0.2, -0.15) is 0 Å². The van der Waals surface area contributed by atoms with E-state index in [1.54, 1.807) is 0 Å². The number of hydrogen-bond donors (Lipinski definition) is 0. The van der Waals surface area contributed by atoms with Crippen molar-refractivity contribution in [3.8, 4) is 0 Å². The van der Waals surface area contributed by atoms with Gasteiger partial charge in [-0.3, -0.25) is 4.31 Å². The quantitative estimate of drug-likeness (QED) is 0.857. The zero-order valence-electron chi connectivity index (χ0n) is 11.5. The van der Waals surface area contributed by atoms with E-state index in [4.69, 9.17) is 4.74 Å². The van der Waals surface area contributed by atoms with Crippen molar-refractivity contribution in [2.75, 3.05) is 29.8 Å². The van der Waals surface area contributed by atoms with E-state index in [0.29, 0.717) is 38.2 Å². The van der Waals surface area contributed by atoms with Crippen LogP contribution in [0.3, 0.4) is 0 Å². The van der Waals surface area contributed by atoms with E-state index in [1.165, 1.54) is 4.31 Å². The van der Waals surface area contributed by atoms with Crippen molar-refractivity contribution in [1.29, 1.82) is 0 Å². The van der Waals surface area contributed by atoms with E-state index in [9.17, 15) is 17.2 Å². The Bertz CT molecular complexity index is 642. The molecule has 0 N–H and O–H groups in total. The Morgan fingerprint density at radius 3 is 2.76 bits per heavy atom. The predicted octanol–water partition coefficient (Wildman–Crippen LogP) is 2.08. The fraction of sp³-hybridized carbons (Fsp3) is 0.571. The molecule has 1 aromatic rings. The van der Waals surface area contributed by atoms with Crippen LogP contribution in [0.25, 0.3) is 0 Å². The Labute approximate surface area is 122 Å². The van der Waals surface area contributed by atoms with Gasteiger partial charge in [-0.25, -0.2) is 17.2 Å². The molecule has 1 saturated heterocycles. The third-order valence-electron chi connectivity index (χ3n) is 4.00. The van der Waals surface area contributed by atoms with E-state index < -0.39 is 21.7 Å². The number of hydrogen-bond acceptors (Lipinski definition) is 3. The molecule has 0 bridgehead atoms. The molecule has 1 atom stereocenters. The van der Waals surface area contributed by atoms with Crippen LogP contribution in [0.5, 0.6) is 0 Å². The minimum Gasteiger partial charge on any atom is -0.381 e. The molecule has 2 aliphatic heterocycles. The van der Waals surface area contributed by atoms with Crippen LogP contribution >= 0.6 is 0 Å². The summed E-state index contributed by atoms with van der Waals surface area (Å²) in [5.74, 6) is -1.98. The van der Waals surface area contributed by atoms with Gasteiger partial charge in [-0.05, 0) is 30.9 Å². The first-order chi connectivity index (χ1) is 9.97. The lowest BCUT2D eigenvalue weighted by Gasteiger charge is -2.31. The van der Waals surface area contributed by atoms with Gasteiger partial charge in [0, 0.05) is 25.1 Å². The van der Waals surface area contributed by atoms with Gasteiger partial charge in [0.25, 0.3) is 0 Å². The van der Waals surface area contributed by atoms with Crippen molar-refractivity contribution in [3.63, 3.8) is 0 Å². The molecule has 0 saturated carbocycles. The second-order valence-electron chi connectivity index (χ2n) is 5.58. The van der Waals surface area contributed by atoms with Crippen LogP contribution in [0.4, 0.5) is 14.5 Å². The molecule has 1 unspecified atom stereocenters. The molecule has 3 rings (SSSR count). The maximum absolute atomic E-state index is 13.5. The zero-order valence-corrected chi connectivity index (χ0v) is 12.3. The average molecular weight is 317 g/mol. The highest BCUT2D eigenvalue weighted by atomic mass is 32.2. The first-order valence-electron chi connectivity index (χ1n) is 7.03. The number of ether oxygens (including phenoxy) is 1. The van der Waals surface area contributed by atoms with Gasteiger partial charge in [0.05, 0.1) is 18.0 Å². The van der Waals surface area contributed by atoms with Crippen molar-refractivity contribution in [1.82, 2.24) is 0 Å². The molecule has 4 nitrogen and oxygen atoms in total. The summed E-state index contributed by atoms with van der Waals surface area (Å²) in [5.41, 5.74) is 0.825. The van der Waals surface area contributed by atoms with Crippen LogP contribution < -0.4 is 4.31 Å². The highest BCUT2D eigenvalue weighted by Crippen LogP contribution is 2.32. The second-order valence-corrected chi connectivity index (χ2v) is 7.52. The van der Waals surface area contributed by atoms with Crippen molar-refractivity contribution in [2.45, 2.75) is 19.3 Å². The lowest BCUT2D eigenvalue weighted by atomic mass is 10.0. The van der Waals surface area contributed by atoms with E-state index >= 15 is 0 Å². The van der Waals surface area contributed by atoms with Gasteiger partial charge in [0.1, 0.15) is 0 Å². The number of halogens is 2. The number of fused-ring (bicyclic) bond motifs is 1. The van der Waals surface area contributed by atoms with Crippen molar-refractivity contribution in [2.24, 2.45) is 5.92 Å². The number of rotatable bonds is 3. The third kappa shape index (κ3) is 2.89. The fourth-order valence-electron chi connectivity index (χ4n) is 2.94. The first kappa shape index (κ1) is 14.7. The monoisotopic (exact) mass is 317 g/mol. The molecule has 0 aliphatic carbocycles. The molecule has 21 heavy (non-hydrogen) atoms. The normalized spacial score (nSPS) is 22.4. The van der Waals surface area contributed by atoms with Crippen LogP contribution in [0, 0.1) is 17.6 Å². The van der Waals surface area contributed by atoms with Crippen LogP contribution in [-0.4, -0.2) is 33.9 Å². The number of benzene rings is 1. The minimum absolute atomic E-state index is 0.00850. The standard InChI is InChI=1S/C14H17F2NO3S/c15-12-6-11-2-1-4-17(14(11)7-13(12)16)21(18,19)9-10-3-5-20-8-10/h6-7,10H,1-5,8-9H2. The molecular formula is C14H17F2NO3S. The van der Waals surface area contributed by atoms with Crippen LogP contribution in [-0.2, 0) is 21.2 Å². The molecular weight excluding hydrogens is 300 g/mol. The molecule has 0 amide bonds. The third-order valence-corrected chi connectivity index (χ3v) is 5.95. The van der Waals surface area contributed by atoms with Crippen molar-refractivity contribution >= 4 is 15.7 Å². The van der Waals surface area contributed by atoms with Gasteiger partial charge in [-0.1, -0.05) is 0 Å². The molecule has 7 heteroatoms. The van der Waals surface area contributed by atoms with Crippen molar-refractivity contribution in [3.05, 3.63) is 29.3 Å². The van der Waals surface area contributed by atoms with E-state index in [1.807, 2.05) is 0 Å². The van der Waals surface area contributed by atoms with E-state index in [0.717, 1.165) is 18.6 Å². The van der Waals surface area contributed by atoms with Gasteiger partial charge in [0.15, 0.2) is 11.6 Å². The zero-order chi connectivity index (χ0) is 15.0. The maximum atomic E-state index is 13.5. The smallest absolute Gasteiger partial charge is 0.235 e. The molecule has 2 heterocycles. The fourth-order valence-corrected chi connectivity index (χ4v) is 4.85. The van der Waals surface area contributed by atoms with Gasteiger partial charge in [0.2, 0.25) is 10.0 Å². The number of sulfonamides is 1. The number of nitrogens with zero attached hydrogens (tertiary/aromatic N) is 1. The first-order valence-corrected chi connectivity index (χ1v) is 8.64. The SMILES string of the molecule is O=S(=O)(CC1CCOC1)N1CCCc2cc(F)c(F)cc21. The lowest BCUT2D eigenvalue weighted by molar-refractivity contribution is 0.188. The Balaban J connectivity index is 1.91. The van der Waals surface area contributed by atoms with E-state index in [-0.39, 0.29) is 17.4 Å². The summed E-state index contributed by atoms with van der Waals surface area (Å²) >= 11 is 0. The summed E-state index contributed by atoms with van der Waals surface area (Å²) in [6.45, 7) is 1.34. The van der Waals surface area contributed by atoms with Crippen LogP contribution in [0.1, 0.15) is 18.4 Å². The van der Waals surface area contributed by atoms with Gasteiger partial charge >= 0.3 is 0 Å². The number of aryl methyl sites for hydroxylation is 1. The predicted molar refractivity (Wildman–Crippen MR) is 74.7 cm³/mol. The minimum atomic E-state index is -3.55. The second kappa shape index (κ2) is 5.53. The highest BCUT2D eigenvalue weighted by Gasteiger charge is 2.32. The summed E-state index contributed by atoms with van der Waals surface area (Å²) in [5, 5.41) is 0. The summed E-state index contributed by atoms with van der Waals surface area (Å²) in [4.78, 5) is 0. The molecule has 0 radical (unpaired) electrons. The largest absolute Gasteiger partial charge is 0.381 e. The van der Waals surface area contributed by atoms with Crippen LogP contribution in [0.2, 0.25) is 0 Å². The molecule has 0 aromatic heterocycles. The average Bonchev–Trinajstić information content (AvgIpc) is 2.91. The Morgan fingerprint density at radius 1 is 1.29 bits per heavy atom. The number of anilines is 1. The topological polar surface area (TPSA) is 46.6 Å². The molecule has 0 spiro atoms. The van der Waals surface area contributed by atoms with Crippen molar-refractivity contribution < 1.29 is 21.9 Å². The van der Waals surface area contributed by atoms with Gasteiger partial charge < -0.3 is 4.74 Å². The van der Waals surface area contributed by atoms with E-state index in [2.05, 4.69) is 0 Å².